The van der Waals surface area contributed by atoms with Crippen molar-refractivity contribution in [3.05, 3.63) is 70.8 Å². The normalized spacial score (nSPS) is 15.1. The molecule has 1 fully saturated rings. The summed E-state index contributed by atoms with van der Waals surface area (Å²) >= 11 is 1.67. The van der Waals surface area contributed by atoms with Crippen LogP contribution < -0.4 is 5.32 Å². The SMILES string of the molecule is CSCC[C@H](NC(=O)c1cccc(C)c1)C(=O)N1CCN(Cc2ccc(C#N)cc2)CC1. The van der Waals surface area contributed by atoms with Gasteiger partial charge in [-0.05, 0) is 55.2 Å². The number of aryl methyl sites for hydroxylation is 1. The minimum Gasteiger partial charge on any atom is -0.340 e. The highest BCUT2D eigenvalue weighted by atomic mass is 32.2. The van der Waals surface area contributed by atoms with E-state index in [0.717, 1.165) is 36.5 Å². The third-order valence-electron chi connectivity index (χ3n) is 5.67. The Morgan fingerprint density at radius 2 is 1.84 bits per heavy atom. The summed E-state index contributed by atoms with van der Waals surface area (Å²) in [6.07, 6.45) is 2.62. The molecule has 7 heteroatoms. The van der Waals surface area contributed by atoms with E-state index in [4.69, 9.17) is 5.26 Å². The number of hydrogen-bond acceptors (Lipinski definition) is 5. The second-order valence-corrected chi connectivity index (χ2v) is 9.07. The minimum absolute atomic E-state index is 0.00178. The van der Waals surface area contributed by atoms with Crippen molar-refractivity contribution in [3.63, 3.8) is 0 Å². The molecule has 2 aromatic carbocycles. The molecule has 0 aliphatic carbocycles. The lowest BCUT2D eigenvalue weighted by Crippen LogP contribution is -2.54. The molecular weight excluding hydrogens is 420 g/mol. The summed E-state index contributed by atoms with van der Waals surface area (Å²) in [7, 11) is 0. The summed E-state index contributed by atoms with van der Waals surface area (Å²) < 4.78 is 0. The highest BCUT2D eigenvalue weighted by molar-refractivity contribution is 7.98. The monoisotopic (exact) mass is 450 g/mol. The minimum atomic E-state index is -0.513. The third-order valence-corrected chi connectivity index (χ3v) is 6.31. The predicted octanol–water partition coefficient (Wildman–Crippen LogP) is 3.06. The lowest BCUT2D eigenvalue weighted by molar-refractivity contribution is -0.135. The van der Waals surface area contributed by atoms with Crippen LogP contribution >= 0.6 is 11.8 Å². The first-order valence-corrected chi connectivity index (χ1v) is 12.3. The van der Waals surface area contributed by atoms with Crippen molar-refractivity contribution in [2.75, 3.05) is 38.2 Å². The Kier molecular flexibility index (Phi) is 8.72. The van der Waals surface area contributed by atoms with Crippen LogP contribution in [-0.2, 0) is 11.3 Å². The Bertz CT molecular complexity index is 963. The molecule has 1 aliphatic rings. The van der Waals surface area contributed by atoms with Gasteiger partial charge in [-0.25, -0.2) is 0 Å². The van der Waals surface area contributed by atoms with E-state index in [-0.39, 0.29) is 11.8 Å². The maximum Gasteiger partial charge on any atom is 0.251 e. The average Bonchev–Trinajstić information content (AvgIpc) is 2.82. The Balaban J connectivity index is 1.57. The molecule has 168 valence electrons. The predicted molar refractivity (Wildman–Crippen MR) is 128 cm³/mol. The van der Waals surface area contributed by atoms with Crippen LogP contribution in [0.2, 0.25) is 0 Å². The molecule has 1 N–H and O–H groups in total. The van der Waals surface area contributed by atoms with Crippen molar-refractivity contribution in [1.82, 2.24) is 15.1 Å². The van der Waals surface area contributed by atoms with E-state index in [2.05, 4.69) is 16.3 Å². The summed E-state index contributed by atoms with van der Waals surface area (Å²) in [6.45, 7) is 5.61. The van der Waals surface area contributed by atoms with Gasteiger partial charge in [0.15, 0.2) is 0 Å². The third kappa shape index (κ3) is 6.59. The fourth-order valence-electron chi connectivity index (χ4n) is 3.81. The Hall–Kier alpha value is -2.82. The van der Waals surface area contributed by atoms with E-state index in [0.29, 0.717) is 30.6 Å². The molecule has 0 saturated carbocycles. The maximum absolute atomic E-state index is 13.2. The van der Waals surface area contributed by atoms with Gasteiger partial charge in [0.1, 0.15) is 6.04 Å². The Morgan fingerprint density at radius 1 is 1.12 bits per heavy atom. The van der Waals surface area contributed by atoms with E-state index in [9.17, 15) is 9.59 Å². The van der Waals surface area contributed by atoms with Gasteiger partial charge in [-0.15, -0.1) is 0 Å². The van der Waals surface area contributed by atoms with Crippen LogP contribution in [0.15, 0.2) is 48.5 Å². The van der Waals surface area contributed by atoms with E-state index >= 15 is 0 Å². The van der Waals surface area contributed by atoms with Crippen molar-refractivity contribution in [2.45, 2.75) is 25.9 Å². The Morgan fingerprint density at radius 3 is 2.47 bits per heavy atom. The van der Waals surface area contributed by atoms with Gasteiger partial charge in [0.25, 0.3) is 5.91 Å². The number of carbonyl (C=O) groups excluding carboxylic acids is 2. The number of carbonyl (C=O) groups is 2. The van der Waals surface area contributed by atoms with Crippen LogP contribution in [0.1, 0.15) is 33.5 Å². The first-order chi connectivity index (χ1) is 15.5. The van der Waals surface area contributed by atoms with E-state index in [1.807, 2.05) is 60.5 Å². The molecule has 32 heavy (non-hydrogen) atoms. The highest BCUT2D eigenvalue weighted by Gasteiger charge is 2.28. The maximum atomic E-state index is 13.2. The molecule has 0 bridgehead atoms. The standard InChI is InChI=1S/C25H30N4O2S/c1-19-4-3-5-22(16-19)24(30)27-23(10-15-32-2)25(31)29-13-11-28(12-14-29)18-21-8-6-20(17-26)7-9-21/h3-9,16,23H,10-15,18H2,1-2H3,(H,27,30)/t23-/m0/s1. The molecule has 0 radical (unpaired) electrons. The number of hydrogen-bond donors (Lipinski definition) is 1. The number of amides is 2. The molecule has 0 aromatic heterocycles. The topological polar surface area (TPSA) is 76.4 Å². The molecule has 1 saturated heterocycles. The molecule has 1 aliphatic heterocycles. The number of benzene rings is 2. The van der Waals surface area contributed by atoms with Crippen LogP contribution in [0.5, 0.6) is 0 Å². The van der Waals surface area contributed by atoms with Gasteiger partial charge in [0.2, 0.25) is 5.91 Å². The van der Waals surface area contributed by atoms with E-state index < -0.39 is 6.04 Å². The summed E-state index contributed by atoms with van der Waals surface area (Å²) in [4.78, 5) is 30.2. The fraction of sp³-hybridized carbons (Fsp3) is 0.400. The number of nitrogens with zero attached hydrogens (tertiary/aromatic N) is 3. The van der Waals surface area contributed by atoms with Gasteiger partial charge in [-0.3, -0.25) is 14.5 Å². The van der Waals surface area contributed by atoms with Crippen molar-refractivity contribution in [2.24, 2.45) is 0 Å². The molecule has 0 spiro atoms. The quantitative estimate of drug-likeness (QED) is 0.669. The zero-order valence-electron chi connectivity index (χ0n) is 18.7. The van der Waals surface area contributed by atoms with E-state index in [1.54, 1.807) is 17.8 Å². The molecule has 0 unspecified atom stereocenters. The molecule has 6 nitrogen and oxygen atoms in total. The zero-order valence-corrected chi connectivity index (χ0v) is 19.5. The smallest absolute Gasteiger partial charge is 0.251 e. The average molecular weight is 451 g/mol. The van der Waals surface area contributed by atoms with Gasteiger partial charge >= 0.3 is 0 Å². The van der Waals surface area contributed by atoms with Crippen LogP contribution in [0.3, 0.4) is 0 Å². The largest absolute Gasteiger partial charge is 0.340 e. The lowest BCUT2D eigenvalue weighted by atomic mass is 10.1. The molecule has 2 amide bonds. The van der Waals surface area contributed by atoms with E-state index in [1.165, 1.54) is 0 Å². The number of nitrogens with one attached hydrogen (secondary N) is 1. The summed E-state index contributed by atoms with van der Waals surface area (Å²) in [5.74, 6) is 0.606. The summed E-state index contributed by atoms with van der Waals surface area (Å²) in [5, 5.41) is 11.9. The van der Waals surface area contributed by atoms with Gasteiger partial charge in [0, 0.05) is 38.3 Å². The van der Waals surface area contributed by atoms with Gasteiger partial charge in [0.05, 0.1) is 11.6 Å². The lowest BCUT2D eigenvalue weighted by Gasteiger charge is -2.36. The number of nitriles is 1. The molecule has 2 aromatic rings. The molecule has 3 rings (SSSR count). The second-order valence-electron chi connectivity index (χ2n) is 8.09. The Labute approximate surface area is 194 Å². The number of thioether (sulfide) groups is 1. The van der Waals surface area contributed by atoms with Gasteiger partial charge < -0.3 is 10.2 Å². The van der Waals surface area contributed by atoms with Gasteiger partial charge in [-0.1, -0.05) is 29.8 Å². The van der Waals surface area contributed by atoms with Crippen LogP contribution in [0, 0.1) is 18.3 Å². The second kappa shape index (κ2) is 11.7. The van der Waals surface area contributed by atoms with Crippen molar-refractivity contribution in [3.8, 4) is 6.07 Å². The van der Waals surface area contributed by atoms with Crippen molar-refractivity contribution in [1.29, 1.82) is 5.26 Å². The summed E-state index contributed by atoms with van der Waals surface area (Å²) in [5.41, 5.74) is 3.42. The van der Waals surface area contributed by atoms with Gasteiger partial charge in [-0.2, -0.15) is 17.0 Å². The first-order valence-electron chi connectivity index (χ1n) is 10.9. The highest BCUT2D eigenvalue weighted by Crippen LogP contribution is 2.13. The number of piperazine rings is 1. The molecule has 1 heterocycles. The van der Waals surface area contributed by atoms with Crippen LogP contribution in [-0.4, -0.2) is 65.8 Å². The number of rotatable bonds is 8. The fourth-order valence-corrected chi connectivity index (χ4v) is 4.28. The first kappa shape index (κ1) is 23.8. The van der Waals surface area contributed by atoms with Crippen LogP contribution in [0.25, 0.3) is 0 Å². The van der Waals surface area contributed by atoms with Crippen molar-refractivity contribution >= 4 is 23.6 Å². The zero-order chi connectivity index (χ0) is 22.9. The van der Waals surface area contributed by atoms with Crippen molar-refractivity contribution < 1.29 is 9.59 Å². The summed E-state index contributed by atoms with van der Waals surface area (Å²) in [6, 6.07) is 16.7. The molecular formula is C25H30N4O2S. The van der Waals surface area contributed by atoms with Crippen LogP contribution in [0.4, 0.5) is 0 Å². The molecule has 1 atom stereocenters.